The first kappa shape index (κ1) is 17.7. The van der Waals surface area contributed by atoms with Crippen molar-refractivity contribution in [2.75, 3.05) is 0 Å². The third kappa shape index (κ3) is 4.22. The average Bonchev–Trinajstić information content (AvgIpc) is 2.53. The van der Waals surface area contributed by atoms with Crippen molar-refractivity contribution in [3.05, 3.63) is 58.7 Å². The van der Waals surface area contributed by atoms with Gasteiger partial charge >= 0.3 is 0 Å². The summed E-state index contributed by atoms with van der Waals surface area (Å²) in [7, 11) is 0. The first-order valence-corrected chi connectivity index (χ1v) is 8.19. The van der Waals surface area contributed by atoms with Crippen LogP contribution in [-0.2, 0) is 12.8 Å². The van der Waals surface area contributed by atoms with Crippen LogP contribution in [0.2, 0.25) is 0 Å². The molecule has 0 bridgehead atoms. The predicted molar refractivity (Wildman–Crippen MR) is 92.9 cm³/mol. The van der Waals surface area contributed by atoms with Crippen LogP contribution in [-0.4, -0.2) is 21.8 Å². The van der Waals surface area contributed by atoms with Gasteiger partial charge in [0.05, 0.1) is 0 Å². The zero-order valence-electron chi connectivity index (χ0n) is 14.0. The molecule has 4 heteroatoms. The highest BCUT2D eigenvalue weighted by atomic mass is 16.3. The van der Waals surface area contributed by atoms with Gasteiger partial charge in [0.1, 0.15) is 11.5 Å². The van der Waals surface area contributed by atoms with Crippen LogP contribution in [0.5, 0.6) is 11.5 Å². The number of Topliss-reactive ketones (excluding diaryl/α,β-unsaturated/α-hetero) is 2. The Hall–Kier alpha value is -2.62. The molecule has 2 N–H and O–H groups in total. The van der Waals surface area contributed by atoms with Crippen LogP contribution in [0, 0.1) is 0 Å². The smallest absolute Gasteiger partial charge is 0.233 e. The predicted octanol–water partition coefficient (Wildman–Crippen LogP) is 4.07. The molecule has 0 saturated heterocycles. The van der Waals surface area contributed by atoms with Gasteiger partial charge in [-0.3, -0.25) is 9.59 Å². The number of aromatic hydroxyl groups is 2. The fourth-order valence-corrected chi connectivity index (χ4v) is 2.74. The minimum atomic E-state index is -0.684. The largest absolute Gasteiger partial charge is 0.508 e. The van der Waals surface area contributed by atoms with Crippen molar-refractivity contribution in [3.63, 3.8) is 0 Å². The summed E-state index contributed by atoms with van der Waals surface area (Å²) in [6, 6.07) is 9.07. The Morgan fingerprint density at radius 3 is 1.42 bits per heavy atom. The SMILES string of the molecule is CCCc1cc(O)cc(C(=O)C(=O)c2cc(O)cc(CCC)c2)c1. The summed E-state index contributed by atoms with van der Waals surface area (Å²) in [6.45, 7) is 4.00. The maximum Gasteiger partial charge on any atom is 0.233 e. The van der Waals surface area contributed by atoms with E-state index in [0.717, 1.165) is 36.8 Å². The molecule has 0 heterocycles. The third-order valence-electron chi connectivity index (χ3n) is 3.76. The van der Waals surface area contributed by atoms with Crippen LogP contribution in [0.4, 0.5) is 0 Å². The topological polar surface area (TPSA) is 74.6 Å². The molecule has 2 rings (SSSR count). The lowest BCUT2D eigenvalue weighted by Crippen LogP contribution is -2.15. The van der Waals surface area contributed by atoms with Crippen molar-refractivity contribution >= 4 is 11.6 Å². The number of carbonyl (C=O) groups is 2. The van der Waals surface area contributed by atoms with E-state index in [1.165, 1.54) is 12.1 Å². The maximum absolute atomic E-state index is 12.5. The Morgan fingerprint density at radius 2 is 1.08 bits per heavy atom. The standard InChI is InChI=1S/C20H22O4/c1-3-5-13-7-15(11-17(21)9-13)19(23)20(24)16-8-14(6-4-2)10-18(22)12-16/h7-12,21-22H,3-6H2,1-2H3. The highest BCUT2D eigenvalue weighted by Crippen LogP contribution is 2.21. The lowest BCUT2D eigenvalue weighted by Gasteiger charge is -2.07. The number of phenolic OH excluding ortho intramolecular Hbond substituents is 2. The van der Waals surface area contributed by atoms with E-state index in [4.69, 9.17) is 0 Å². The molecule has 4 nitrogen and oxygen atoms in total. The zero-order chi connectivity index (χ0) is 17.7. The molecular formula is C20H22O4. The fraction of sp³-hybridized carbons (Fsp3) is 0.300. The molecule has 0 aliphatic carbocycles. The highest BCUT2D eigenvalue weighted by molar-refractivity contribution is 6.49. The van der Waals surface area contributed by atoms with Gasteiger partial charge in [-0.05, 0) is 60.4 Å². The number of benzene rings is 2. The van der Waals surface area contributed by atoms with Crippen LogP contribution in [0.25, 0.3) is 0 Å². The van der Waals surface area contributed by atoms with Crippen molar-refractivity contribution in [1.29, 1.82) is 0 Å². The average molecular weight is 326 g/mol. The van der Waals surface area contributed by atoms with E-state index >= 15 is 0 Å². The highest BCUT2D eigenvalue weighted by Gasteiger charge is 2.20. The van der Waals surface area contributed by atoms with Crippen LogP contribution in [0.3, 0.4) is 0 Å². The van der Waals surface area contributed by atoms with Gasteiger partial charge in [-0.2, -0.15) is 0 Å². The molecule has 2 aromatic rings. The van der Waals surface area contributed by atoms with Crippen molar-refractivity contribution < 1.29 is 19.8 Å². The van der Waals surface area contributed by atoms with Gasteiger partial charge in [0.2, 0.25) is 11.6 Å². The summed E-state index contributed by atoms with van der Waals surface area (Å²) >= 11 is 0. The van der Waals surface area contributed by atoms with E-state index in [-0.39, 0.29) is 22.6 Å². The first-order chi connectivity index (χ1) is 11.4. The number of hydrogen-bond acceptors (Lipinski definition) is 4. The van der Waals surface area contributed by atoms with E-state index in [9.17, 15) is 19.8 Å². The maximum atomic E-state index is 12.5. The Morgan fingerprint density at radius 1 is 0.708 bits per heavy atom. The van der Waals surface area contributed by atoms with Gasteiger partial charge in [0, 0.05) is 11.1 Å². The molecule has 0 aliphatic heterocycles. The zero-order valence-corrected chi connectivity index (χ0v) is 14.0. The molecule has 0 aromatic heterocycles. The molecule has 126 valence electrons. The lowest BCUT2D eigenvalue weighted by molar-refractivity contribution is 0.0816. The number of aryl methyl sites for hydroxylation is 2. The van der Waals surface area contributed by atoms with E-state index in [2.05, 4.69) is 0 Å². The number of rotatable bonds is 7. The molecule has 0 atom stereocenters. The number of hydrogen-bond donors (Lipinski definition) is 2. The van der Waals surface area contributed by atoms with Gasteiger partial charge < -0.3 is 10.2 Å². The van der Waals surface area contributed by atoms with E-state index in [1.54, 1.807) is 24.3 Å². The Labute approximate surface area is 141 Å². The molecule has 0 fully saturated rings. The monoisotopic (exact) mass is 326 g/mol. The molecule has 0 saturated carbocycles. The second-order valence-electron chi connectivity index (χ2n) is 5.93. The molecule has 0 aliphatic rings. The third-order valence-corrected chi connectivity index (χ3v) is 3.76. The lowest BCUT2D eigenvalue weighted by atomic mass is 9.96. The van der Waals surface area contributed by atoms with Crippen LogP contribution < -0.4 is 0 Å². The molecule has 0 radical (unpaired) electrons. The number of ketones is 2. The normalized spacial score (nSPS) is 10.6. The van der Waals surface area contributed by atoms with Gasteiger partial charge in [0.25, 0.3) is 0 Å². The van der Waals surface area contributed by atoms with Gasteiger partial charge in [-0.25, -0.2) is 0 Å². The van der Waals surface area contributed by atoms with E-state index < -0.39 is 11.6 Å². The fourth-order valence-electron chi connectivity index (χ4n) is 2.74. The first-order valence-electron chi connectivity index (χ1n) is 8.19. The molecule has 24 heavy (non-hydrogen) atoms. The molecular weight excluding hydrogens is 304 g/mol. The van der Waals surface area contributed by atoms with Gasteiger partial charge in [0.15, 0.2) is 0 Å². The molecule has 0 unspecified atom stereocenters. The second-order valence-corrected chi connectivity index (χ2v) is 5.93. The summed E-state index contributed by atoms with van der Waals surface area (Å²) in [6.07, 6.45) is 3.18. The summed E-state index contributed by atoms with van der Waals surface area (Å²) in [5.74, 6) is -1.42. The Bertz CT molecular complexity index is 697. The van der Waals surface area contributed by atoms with Crippen molar-refractivity contribution in [3.8, 4) is 11.5 Å². The summed E-state index contributed by atoms with van der Waals surface area (Å²) in [5, 5.41) is 19.6. The minimum absolute atomic E-state index is 0.0281. The van der Waals surface area contributed by atoms with Crippen molar-refractivity contribution in [2.45, 2.75) is 39.5 Å². The van der Waals surface area contributed by atoms with Crippen LogP contribution >= 0.6 is 0 Å². The minimum Gasteiger partial charge on any atom is -0.508 e. The van der Waals surface area contributed by atoms with E-state index in [1.807, 2.05) is 13.8 Å². The molecule has 2 aromatic carbocycles. The van der Waals surface area contributed by atoms with Crippen LogP contribution in [0.1, 0.15) is 58.5 Å². The van der Waals surface area contributed by atoms with Crippen molar-refractivity contribution in [2.24, 2.45) is 0 Å². The molecule has 0 spiro atoms. The molecule has 0 amide bonds. The van der Waals surface area contributed by atoms with Gasteiger partial charge in [-0.1, -0.05) is 26.7 Å². The Kier molecular flexibility index (Phi) is 5.74. The summed E-state index contributed by atoms with van der Waals surface area (Å²) in [4.78, 5) is 25.0. The Balaban J connectivity index is 2.34. The second kappa shape index (κ2) is 7.77. The summed E-state index contributed by atoms with van der Waals surface area (Å²) < 4.78 is 0. The van der Waals surface area contributed by atoms with E-state index in [0.29, 0.717) is 0 Å². The quantitative estimate of drug-likeness (QED) is 0.594. The number of phenols is 2. The number of carbonyl (C=O) groups excluding carboxylic acids is 2. The van der Waals surface area contributed by atoms with Crippen LogP contribution in [0.15, 0.2) is 36.4 Å². The van der Waals surface area contributed by atoms with Crippen molar-refractivity contribution in [1.82, 2.24) is 0 Å². The van der Waals surface area contributed by atoms with Gasteiger partial charge in [-0.15, -0.1) is 0 Å². The summed E-state index contributed by atoms with van der Waals surface area (Å²) in [5.41, 5.74) is 1.97.